The molecule has 1 aromatic carbocycles. The van der Waals surface area contributed by atoms with E-state index >= 15 is 0 Å². The van der Waals surface area contributed by atoms with E-state index in [1.165, 1.54) is 24.3 Å². The lowest BCUT2D eigenvalue weighted by atomic mass is 10.0. The number of hydrazine groups is 1. The molecule has 140 valence electrons. The first kappa shape index (κ1) is 20.9. The Kier molecular flexibility index (Phi) is 6.51. The summed E-state index contributed by atoms with van der Waals surface area (Å²) in [6.45, 7) is -0.352. The van der Waals surface area contributed by atoms with E-state index < -0.39 is 46.6 Å². The normalized spacial score (nSPS) is 14.4. The molecule has 0 aliphatic rings. The molecule has 0 fully saturated rings. The van der Waals surface area contributed by atoms with Gasteiger partial charge in [-0.05, 0) is 19.1 Å². The van der Waals surface area contributed by atoms with E-state index in [0.29, 0.717) is 6.92 Å². The van der Waals surface area contributed by atoms with Gasteiger partial charge in [0.1, 0.15) is 0 Å². The third kappa shape index (κ3) is 6.32. The summed E-state index contributed by atoms with van der Waals surface area (Å²) in [5, 5.41) is 9.13. The zero-order valence-electron chi connectivity index (χ0n) is 12.9. The largest absolute Gasteiger partial charge is 0.417 e. The summed E-state index contributed by atoms with van der Waals surface area (Å²) in [5.74, 6) is -2.32. The van der Waals surface area contributed by atoms with E-state index in [2.05, 4.69) is 0 Å². The zero-order chi connectivity index (χ0) is 19.3. The monoisotopic (exact) mass is 383 g/mol. The molecule has 12 heteroatoms. The third-order valence-electron chi connectivity index (χ3n) is 2.93. The molecule has 8 nitrogen and oxygen atoms in total. The van der Waals surface area contributed by atoms with E-state index in [-0.39, 0.29) is 4.90 Å². The van der Waals surface area contributed by atoms with Crippen LogP contribution in [0.25, 0.3) is 0 Å². The van der Waals surface area contributed by atoms with Crippen molar-refractivity contribution in [1.82, 2.24) is 15.6 Å². The quantitative estimate of drug-likeness (QED) is 0.507. The van der Waals surface area contributed by atoms with Gasteiger partial charge in [0, 0.05) is 0 Å². The van der Waals surface area contributed by atoms with Gasteiger partial charge in [0.25, 0.3) is 5.91 Å². The summed E-state index contributed by atoms with van der Waals surface area (Å²) in [7, 11) is -3.95. The molecule has 25 heavy (non-hydrogen) atoms. The molecule has 0 aliphatic heterocycles. The molecule has 0 unspecified atom stereocenters. The van der Waals surface area contributed by atoms with Crippen molar-refractivity contribution in [2.24, 2.45) is 0 Å². The molecule has 0 aromatic heterocycles. The summed E-state index contributed by atoms with van der Waals surface area (Å²) >= 11 is 0. The second-order valence-corrected chi connectivity index (χ2v) is 6.95. The van der Waals surface area contributed by atoms with Crippen LogP contribution < -0.4 is 15.6 Å². The van der Waals surface area contributed by atoms with E-state index in [0.717, 1.165) is 0 Å². The number of carbonyl (C=O) groups excluding carboxylic acids is 2. The summed E-state index contributed by atoms with van der Waals surface area (Å²) in [6.07, 6.45) is -6.37. The van der Waals surface area contributed by atoms with Crippen LogP contribution in [0.5, 0.6) is 0 Å². The lowest BCUT2D eigenvalue weighted by molar-refractivity contribution is -0.253. The molecule has 0 spiro atoms. The standard InChI is InChI=1S/C13H16F3N3O5S/c1-12(22,13(14,15)16)7-10(20)18-19-11(21)8-17-25(23,24)9-5-3-2-4-6-9/h2-6,17,22H,7-8H2,1H3,(H,18,20)(H,19,21)/t12-/m0/s1. The van der Waals surface area contributed by atoms with Gasteiger partial charge in [-0.2, -0.15) is 13.2 Å². The highest BCUT2D eigenvalue weighted by atomic mass is 32.2. The third-order valence-corrected chi connectivity index (χ3v) is 4.35. The molecule has 0 bridgehead atoms. The van der Waals surface area contributed by atoms with Gasteiger partial charge in [-0.1, -0.05) is 18.2 Å². The maximum absolute atomic E-state index is 12.4. The van der Waals surface area contributed by atoms with Crippen molar-refractivity contribution >= 4 is 21.8 Å². The van der Waals surface area contributed by atoms with Gasteiger partial charge in [-0.3, -0.25) is 20.4 Å². The molecule has 1 aromatic rings. The van der Waals surface area contributed by atoms with Gasteiger partial charge in [0.2, 0.25) is 15.9 Å². The molecular formula is C13H16F3N3O5S. The van der Waals surface area contributed by atoms with Crippen molar-refractivity contribution in [3.05, 3.63) is 30.3 Å². The number of benzene rings is 1. The van der Waals surface area contributed by atoms with Crippen LogP contribution >= 0.6 is 0 Å². The van der Waals surface area contributed by atoms with Crippen LogP contribution in [0.15, 0.2) is 35.2 Å². The molecule has 0 saturated carbocycles. The maximum Gasteiger partial charge on any atom is 0.417 e. The number of rotatable bonds is 6. The number of hydrogen-bond donors (Lipinski definition) is 4. The molecule has 2 amide bonds. The van der Waals surface area contributed by atoms with Gasteiger partial charge in [0.05, 0.1) is 17.9 Å². The topological polar surface area (TPSA) is 125 Å². The second kappa shape index (κ2) is 7.80. The predicted molar refractivity (Wildman–Crippen MR) is 79.2 cm³/mol. The summed E-state index contributed by atoms with van der Waals surface area (Å²) in [4.78, 5) is 22.7. The van der Waals surface area contributed by atoms with E-state index in [1.807, 2.05) is 4.72 Å². The first-order valence-corrected chi connectivity index (χ1v) is 8.25. The fourth-order valence-corrected chi connectivity index (χ4v) is 2.49. The van der Waals surface area contributed by atoms with Crippen molar-refractivity contribution in [2.75, 3.05) is 6.54 Å². The van der Waals surface area contributed by atoms with Gasteiger partial charge in [-0.15, -0.1) is 0 Å². The number of carbonyl (C=O) groups is 2. The van der Waals surface area contributed by atoms with Crippen LogP contribution in [-0.4, -0.2) is 43.7 Å². The number of halogens is 3. The fourth-order valence-electron chi connectivity index (χ4n) is 1.48. The van der Waals surface area contributed by atoms with Crippen LogP contribution in [0.1, 0.15) is 13.3 Å². The number of aliphatic hydroxyl groups is 1. The van der Waals surface area contributed by atoms with Gasteiger partial charge < -0.3 is 5.11 Å². The minimum atomic E-state index is -5.03. The molecular weight excluding hydrogens is 367 g/mol. The van der Waals surface area contributed by atoms with Crippen LogP contribution in [0.3, 0.4) is 0 Å². The predicted octanol–water partition coefficient (Wildman–Crippen LogP) is -0.184. The fraction of sp³-hybridized carbons (Fsp3) is 0.385. The Morgan fingerprint density at radius 1 is 1.08 bits per heavy atom. The van der Waals surface area contributed by atoms with E-state index in [9.17, 15) is 31.2 Å². The summed E-state index contributed by atoms with van der Waals surface area (Å²) < 4.78 is 62.9. The van der Waals surface area contributed by atoms with Gasteiger partial charge in [0.15, 0.2) is 5.60 Å². The lowest BCUT2D eigenvalue weighted by Gasteiger charge is -2.25. The Balaban J connectivity index is 2.47. The number of nitrogens with one attached hydrogen (secondary N) is 3. The Bertz CT molecular complexity index is 720. The summed E-state index contributed by atoms with van der Waals surface area (Å²) in [5.41, 5.74) is 0.123. The highest BCUT2D eigenvalue weighted by Crippen LogP contribution is 2.32. The highest BCUT2D eigenvalue weighted by Gasteiger charge is 2.51. The smallest absolute Gasteiger partial charge is 0.380 e. The van der Waals surface area contributed by atoms with E-state index in [4.69, 9.17) is 5.11 Å². The average molecular weight is 383 g/mol. The van der Waals surface area contributed by atoms with Crippen molar-refractivity contribution in [2.45, 2.75) is 30.0 Å². The Hall–Kier alpha value is -2.18. The van der Waals surface area contributed by atoms with Crippen LogP contribution in [0.2, 0.25) is 0 Å². The van der Waals surface area contributed by atoms with E-state index in [1.54, 1.807) is 16.9 Å². The molecule has 1 atom stereocenters. The molecule has 0 heterocycles. The Morgan fingerprint density at radius 2 is 1.60 bits per heavy atom. The minimum Gasteiger partial charge on any atom is -0.380 e. The molecule has 0 aliphatic carbocycles. The minimum absolute atomic E-state index is 0.0898. The molecule has 4 N–H and O–H groups in total. The van der Waals surface area contributed by atoms with Crippen molar-refractivity contribution in [3.63, 3.8) is 0 Å². The van der Waals surface area contributed by atoms with Crippen LogP contribution in [-0.2, 0) is 19.6 Å². The van der Waals surface area contributed by atoms with Gasteiger partial charge in [-0.25, -0.2) is 13.1 Å². The van der Waals surface area contributed by atoms with Crippen molar-refractivity contribution < 1.29 is 36.3 Å². The molecule has 0 saturated heterocycles. The van der Waals surface area contributed by atoms with Gasteiger partial charge >= 0.3 is 6.18 Å². The number of sulfonamides is 1. The number of alkyl halides is 3. The SMILES string of the molecule is C[C@](O)(CC(=O)NNC(=O)CNS(=O)(=O)c1ccccc1)C(F)(F)F. The van der Waals surface area contributed by atoms with Crippen LogP contribution in [0, 0.1) is 0 Å². The Labute approximate surface area is 141 Å². The summed E-state index contributed by atoms with van der Waals surface area (Å²) in [6, 6.07) is 7.13. The second-order valence-electron chi connectivity index (χ2n) is 5.18. The zero-order valence-corrected chi connectivity index (χ0v) is 13.7. The Morgan fingerprint density at radius 3 is 2.12 bits per heavy atom. The van der Waals surface area contributed by atoms with Crippen LogP contribution in [0.4, 0.5) is 13.2 Å². The molecule has 1 rings (SSSR count). The first-order chi connectivity index (χ1) is 11.3. The maximum atomic E-state index is 12.4. The first-order valence-electron chi connectivity index (χ1n) is 6.77. The number of hydrogen-bond acceptors (Lipinski definition) is 5. The van der Waals surface area contributed by atoms with Crippen molar-refractivity contribution in [1.29, 1.82) is 0 Å². The van der Waals surface area contributed by atoms with Crippen molar-refractivity contribution in [3.8, 4) is 0 Å². The molecule has 0 radical (unpaired) electrons. The lowest BCUT2D eigenvalue weighted by Crippen LogP contribution is -2.51. The average Bonchev–Trinajstić information content (AvgIpc) is 2.50. The number of amides is 2. The highest BCUT2D eigenvalue weighted by molar-refractivity contribution is 7.89.